The van der Waals surface area contributed by atoms with Crippen molar-refractivity contribution in [3.05, 3.63) is 0 Å². The van der Waals surface area contributed by atoms with Crippen LogP contribution in [0.25, 0.3) is 0 Å². The molecule has 4 aliphatic rings. The first-order chi connectivity index (χ1) is 9.95. The number of fused-ring (bicyclic) bond motifs is 5. The second-order valence-corrected chi connectivity index (χ2v) is 9.22. The third-order valence-electron chi connectivity index (χ3n) is 8.59. The summed E-state index contributed by atoms with van der Waals surface area (Å²) in [7, 11) is 0. The monoisotopic (exact) mass is 292 g/mol. The molecule has 0 aromatic rings. The number of hydrogen-bond acceptors (Lipinski definition) is 2. The van der Waals surface area contributed by atoms with Crippen LogP contribution in [-0.4, -0.2) is 22.4 Å². The predicted octanol–water partition coefficient (Wildman–Crippen LogP) is 3.75. The van der Waals surface area contributed by atoms with Gasteiger partial charge in [0.05, 0.1) is 12.2 Å². The Kier molecular flexibility index (Phi) is 3.25. The molecule has 2 heteroatoms. The quantitative estimate of drug-likeness (QED) is 0.714. The zero-order chi connectivity index (χ0) is 14.8. The van der Waals surface area contributed by atoms with E-state index in [0.29, 0.717) is 5.41 Å². The Labute approximate surface area is 129 Å². The van der Waals surface area contributed by atoms with Crippen LogP contribution in [0.2, 0.25) is 0 Å². The van der Waals surface area contributed by atoms with Crippen molar-refractivity contribution >= 4 is 0 Å². The lowest BCUT2D eigenvalue weighted by Crippen LogP contribution is -2.54. The van der Waals surface area contributed by atoms with Crippen molar-refractivity contribution in [2.24, 2.45) is 34.5 Å². The average Bonchev–Trinajstić information content (AvgIpc) is 2.76. The molecule has 4 rings (SSSR count). The number of aliphatic hydroxyl groups excluding tert-OH is 2. The van der Waals surface area contributed by atoms with Gasteiger partial charge in [-0.2, -0.15) is 0 Å². The van der Waals surface area contributed by atoms with E-state index in [-0.39, 0.29) is 17.6 Å². The van der Waals surface area contributed by atoms with Crippen LogP contribution in [0.4, 0.5) is 0 Å². The molecule has 0 amide bonds. The minimum atomic E-state index is -0.0536. The van der Waals surface area contributed by atoms with Crippen molar-refractivity contribution < 1.29 is 10.2 Å². The topological polar surface area (TPSA) is 40.5 Å². The van der Waals surface area contributed by atoms with Crippen LogP contribution in [0.15, 0.2) is 0 Å². The van der Waals surface area contributed by atoms with Gasteiger partial charge in [0.15, 0.2) is 0 Å². The van der Waals surface area contributed by atoms with E-state index in [0.717, 1.165) is 42.9 Å². The summed E-state index contributed by atoms with van der Waals surface area (Å²) in [6, 6.07) is 0. The first kappa shape index (κ1) is 14.5. The Morgan fingerprint density at radius 1 is 0.762 bits per heavy atom. The average molecular weight is 292 g/mol. The minimum absolute atomic E-state index is 0.0400. The molecule has 0 radical (unpaired) electrons. The lowest BCUT2D eigenvalue weighted by Gasteiger charge is -2.60. The SMILES string of the molecule is C[C@@]12CCC3C(CC[C@@H]4CC(O)CC[C@@]34C)C1CCC2O. The molecule has 0 heterocycles. The van der Waals surface area contributed by atoms with E-state index in [1.807, 2.05) is 0 Å². The van der Waals surface area contributed by atoms with Crippen LogP contribution in [0.1, 0.15) is 71.6 Å². The molecule has 8 atom stereocenters. The molecule has 2 N–H and O–H groups in total. The van der Waals surface area contributed by atoms with E-state index in [4.69, 9.17) is 0 Å². The summed E-state index contributed by atoms with van der Waals surface area (Å²) in [5.41, 5.74) is 0.676. The minimum Gasteiger partial charge on any atom is -0.393 e. The highest BCUT2D eigenvalue weighted by molar-refractivity contribution is 5.09. The molecule has 5 unspecified atom stereocenters. The first-order valence-corrected chi connectivity index (χ1v) is 9.31. The molecule has 4 fully saturated rings. The Balaban J connectivity index is 1.62. The van der Waals surface area contributed by atoms with Gasteiger partial charge in [-0.25, -0.2) is 0 Å². The van der Waals surface area contributed by atoms with Crippen LogP contribution < -0.4 is 0 Å². The Morgan fingerprint density at radius 2 is 1.48 bits per heavy atom. The number of rotatable bonds is 0. The summed E-state index contributed by atoms with van der Waals surface area (Å²) in [4.78, 5) is 0. The molecule has 4 saturated carbocycles. The van der Waals surface area contributed by atoms with Gasteiger partial charge in [-0.3, -0.25) is 0 Å². The maximum atomic E-state index is 10.5. The van der Waals surface area contributed by atoms with Gasteiger partial charge in [0, 0.05) is 0 Å². The summed E-state index contributed by atoms with van der Waals surface area (Å²) < 4.78 is 0. The van der Waals surface area contributed by atoms with Crippen molar-refractivity contribution in [2.45, 2.75) is 83.8 Å². The van der Waals surface area contributed by atoms with E-state index in [2.05, 4.69) is 13.8 Å². The standard InChI is InChI=1S/C19H32O2/c1-18-9-7-13(20)11-12(18)3-4-14-15-5-6-17(21)19(15,2)10-8-16(14)18/h12-17,20-21H,3-11H2,1-2H3/t12-,13?,14?,15?,16?,17?,18-,19-/m1/s1. The van der Waals surface area contributed by atoms with Gasteiger partial charge in [-0.1, -0.05) is 13.8 Å². The van der Waals surface area contributed by atoms with Crippen LogP contribution in [0.5, 0.6) is 0 Å². The van der Waals surface area contributed by atoms with E-state index in [9.17, 15) is 10.2 Å². The molecule has 0 bridgehead atoms. The van der Waals surface area contributed by atoms with Crippen LogP contribution in [0.3, 0.4) is 0 Å². The smallest absolute Gasteiger partial charge is 0.0596 e. The van der Waals surface area contributed by atoms with Gasteiger partial charge in [-0.15, -0.1) is 0 Å². The highest BCUT2D eigenvalue weighted by Gasteiger charge is 2.59. The van der Waals surface area contributed by atoms with E-state index < -0.39 is 0 Å². The summed E-state index contributed by atoms with van der Waals surface area (Å²) in [6.45, 7) is 4.90. The van der Waals surface area contributed by atoms with E-state index in [1.54, 1.807) is 0 Å². The third kappa shape index (κ3) is 1.91. The number of aliphatic hydroxyl groups is 2. The molecule has 4 aliphatic carbocycles. The second kappa shape index (κ2) is 4.71. The molecule has 0 spiro atoms. The highest BCUT2D eigenvalue weighted by Crippen LogP contribution is 2.66. The summed E-state index contributed by atoms with van der Waals surface area (Å²) in [6.07, 6.45) is 10.7. The van der Waals surface area contributed by atoms with Crippen molar-refractivity contribution in [2.75, 3.05) is 0 Å². The predicted molar refractivity (Wildman–Crippen MR) is 83.7 cm³/mol. The van der Waals surface area contributed by atoms with Gasteiger partial charge >= 0.3 is 0 Å². The largest absolute Gasteiger partial charge is 0.393 e. The van der Waals surface area contributed by atoms with Crippen LogP contribution in [-0.2, 0) is 0 Å². The van der Waals surface area contributed by atoms with Gasteiger partial charge in [0.25, 0.3) is 0 Å². The second-order valence-electron chi connectivity index (χ2n) is 9.22. The molecule has 0 aromatic carbocycles. The molecule has 0 saturated heterocycles. The van der Waals surface area contributed by atoms with Crippen molar-refractivity contribution in [3.8, 4) is 0 Å². The maximum Gasteiger partial charge on any atom is 0.0596 e. The van der Waals surface area contributed by atoms with Gasteiger partial charge < -0.3 is 10.2 Å². The molecule has 21 heavy (non-hydrogen) atoms. The lowest BCUT2D eigenvalue weighted by molar-refractivity contribution is -0.133. The van der Waals surface area contributed by atoms with Gasteiger partial charge in [0.1, 0.15) is 0 Å². The number of hydrogen-bond donors (Lipinski definition) is 2. The normalized spacial score (nSPS) is 60.0. The Morgan fingerprint density at radius 3 is 2.29 bits per heavy atom. The van der Waals surface area contributed by atoms with Crippen molar-refractivity contribution in [3.63, 3.8) is 0 Å². The van der Waals surface area contributed by atoms with Crippen molar-refractivity contribution in [1.29, 1.82) is 0 Å². The Bertz CT molecular complexity index is 422. The highest BCUT2D eigenvalue weighted by atomic mass is 16.3. The third-order valence-corrected chi connectivity index (χ3v) is 8.59. The fraction of sp³-hybridized carbons (Fsp3) is 1.00. The fourth-order valence-electron chi connectivity index (χ4n) is 7.21. The fourth-order valence-corrected chi connectivity index (χ4v) is 7.21. The van der Waals surface area contributed by atoms with Crippen LogP contribution >= 0.6 is 0 Å². The van der Waals surface area contributed by atoms with Crippen LogP contribution in [0, 0.1) is 34.5 Å². The summed E-state index contributed by atoms with van der Waals surface area (Å²) >= 11 is 0. The zero-order valence-electron chi connectivity index (χ0n) is 13.7. The molecule has 0 aromatic heterocycles. The Hall–Kier alpha value is -0.0800. The van der Waals surface area contributed by atoms with Gasteiger partial charge in [0.2, 0.25) is 0 Å². The maximum absolute atomic E-state index is 10.5. The molecular formula is C19H32O2. The van der Waals surface area contributed by atoms with Gasteiger partial charge in [-0.05, 0) is 92.3 Å². The first-order valence-electron chi connectivity index (χ1n) is 9.31. The molecule has 0 aliphatic heterocycles. The zero-order valence-corrected chi connectivity index (χ0v) is 13.7. The van der Waals surface area contributed by atoms with Crippen molar-refractivity contribution in [1.82, 2.24) is 0 Å². The molecular weight excluding hydrogens is 260 g/mol. The van der Waals surface area contributed by atoms with E-state index in [1.165, 1.54) is 38.5 Å². The summed E-state index contributed by atoms with van der Waals surface area (Å²) in [5, 5.41) is 20.5. The lowest BCUT2D eigenvalue weighted by atomic mass is 9.45. The van der Waals surface area contributed by atoms with E-state index >= 15 is 0 Å². The molecule has 120 valence electrons. The molecule has 2 nitrogen and oxygen atoms in total. The summed E-state index contributed by atoms with van der Waals surface area (Å²) in [5.74, 6) is 3.21.